The Labute approximate surface area is 69.7 Å². The maximum absolute atomic E-state index is 12.3. The summed E-state index contributed by atoms with van der Waals surface area (Å²) in [5.41, 5.74) is -2.10. The Balaban J connectivity index is 2.83. The van der Waals surface area contributed by atoms with Crippen LogP contribution in [0.3, 0.4) is 0 Å². The third-order valence-electron chi connectivity index (χ3n) is 2.47. The highest BCUT2D eigenvalue weighted by Gasteiger charge is 2.61. The van der Waals surface area contributed by atoms with E-state index in [1.807, 2.05) is 0 Å². The summed E-state index contributed by atoms with van der Waals surface area (Å²) in [5, 5.41) is 0. The van der Waals surface area contributed by atoms with E-state index in [0.29, 0.717) is 6.42 Å². The van der Waals surface area contributed by atoms with E-state index in [0.717, 1.165) is 0 Å². The van der Waals surface area contributed by atoms with Crippen LogP contribution in [0.4, 0.5) is 13.2 Å². The van der Waals surface area contributed by atoms with Gasteiger partial charge in [0.1, 0.15) is 11.2 Å². The summed E-state index contributed by atoms with van der Waals surface area (Å²) in [5.74, 6) is -0.874. The molecule has 1 aliphatic rings. The lowest BCUT2D eigenvalue weighted by Crippen LogP contribution is -2.49. The number of hydrogen-bond donors (Lipinski definition) is 0. The molecule has 12 heavy (non-hydrogen) atoms. The molecule has 1 nitrogen and oxygen atoms in total. The molecule has 1 fully saturated rings. The van der Waals surface area contributed by atoms with E-state index in [-0.39, 0.29) is 12.8 Å². The maximum Gasteiger partial charge on any atom is 0.401 e. The second kappa shape index (κ2) is 2.78. The molecule has 0 spiro atoms. The third-order valence-corrected chi connectivity index (χ3v) is 2.47. The van der Waals surface area contributed by atoms with Gasteiger partial charge in [0, 0.05) is 0 Å². The zero-order valence-electron chi connectivity index (χ0n) is 6.45. The number of alkyl halides is 3. The lowest BCUT2D eigenvalue weighted by atomic mass is 9.63. The molecule has 0 unspecified atom stereocenters. The van der Waals surface area contributed by atoms with Crippen molar-refractivity contribution in [2.75, 3.05) is 0 Å². The van der Waals surface area contributed by atoms with Gasteiger partial charge in [-0.05, 0) is 19.2 Å². The highest BCUT2D eigenvalue weighted by molar-refractivity contribution is 6.21. The lowest BCUT2D eigenvalue weighted by Gasteiger charge is -2.41. The number of halogens is 3. The molecule has 2 radical (unpaired) electrons. The van der Waals surface area contributed by atoms with Gasteiger partial charge < -0.3 is 0 Å². The van der Waals surface area contributed by atoms with Gasteiger partial charge in [-0.15, -0.1) is 0 Å². The monoisotopic (exact) mass is 176 g/mol. The number of hydrogen-bond acceptors (Lipinski definition) is 1. The Morgan fingerprint density at radius 1 is 1.42 bits per heavy atom. The number of Topliss-reactive ketones (excluding diaryl/α,β-unsaturated/α-hetero) is 1. The zero-order chi connectivity index (χ0) is 9.41. The highest BCUT2D eigenvalue weighted by Crippen LogP contribution is 2.53. The van der Waals surface area contributed by atoms with Crippen LogP contribution in [-0.2, 0) is 4.79 Å². The summed E-state index contributed by atoms with van der Waals surface area (Å²) in [6.45, 7) is 0. The first-order valence-electron chi connectivity index (χ1n) is 3.74. The van der Waals surface area contributed by atoms with Gasteiger partial charge >= 0.3 is 6.18 Å². The van der Waals surface area contributed by atoms with Crippen molar-refractivity contribution in [1.29, 1.82) is 0 Å². The fourth-order valence-corrected chi connectivity index (χ4v) is 1.45. The van der Waals surface area contributed by atoms with Crippen molar-refractivity contribution >= 4 is 13.6 Å². The molecule has 0 heterocycles. The second-order valence-electron chi connectivity index (χ2n) is 3.06. The number of rotatable bonds is 2. The molecule has 0 aromatic carbocycles. The molecule has 0 aromatic heterocycles. The van der Waals surface area contributed by atoms with Gasteiger partial charge in [0.2, 0.25) is 0 Å². The molecular formula is C7H8BF3O. The smallest absolute Gasteiger partial charge is 0.300 e. The molecule has 1 saturated carbocycles. The molecule has 0 atom stereocenters. The maximum atomic E-state index is 12.3. The van der Waals surface area contributed by atoms with Crippen LogP contribution in [0.5, 0.6) is 0 Å². The first-order valence-corrected chi connectivity index (χ1v) is 3.74. The number of carbonyl (C=O) groups is 1. The fraction of sp³-hybridized carbons (Fsp3) is 0.857. The van der Waals surface area contributed by atoms with Crippen LogP contribution in [0, 0.1) is 5.41 Å². The molecule has 66 valence electrons. The van der Waals surface area contributed by atoms with E-state index in [9.17, 15) is 18.0 Å². The average molecular weight is 176 g/mol. The Morgan fingerprint density at radius 2 is 1.92 bits per heavy atom. The van der Waals surface area contributed by atoms with Crippen molar-refractivity contribution in [1.82, 2.24) is 0 Å². The fourth-order valence-electron chi connectivity index (χ4n) is 1.45. The minimum Gasteiger partial charge on any atom is -0.300 e. The van der Waals surface area contributed by atoms with Gasteiger partial charge in [-0.25, -0.2) is 0 Å². The van der Waals surface area contributed by atoms with Crippen LogP contribution in [0.25, 0.3) is 0 Å². The van der Waals surface area contributed by atoms with Crippen LogP contribution < -0.4 is 0 Å². The van der Waals surface area contributed by atoms with Crippen LogP contribution in [0.15, 0.2) is 0 Å². The second-order valence-corrected chi connectivity index (χ2v) is 3.06. The summed E-state index contributed by atoms with van der Waals surface area (Å²) in [6.07, 6.45) is -4.65. The summed E-state index contributed by atoms with van der Waals surface area (Å²) in [7, 11) is 4.91. The minimum absolute atomic E-state index is 0.0907. The van der Waals surface area contributed by atoms with Gasteiger partial charge in [-0.2, -0.15) is 13.2 Å². The number of ketones is 1. The normalized spacial score (nSPS) is 21.6. The van der Waals surface area contributed by atoms with Crippen LogP contribution >= 0.6 is 0 Å². The first-order chi connectivity index (χ1) is 5.44. The molecular weight excluding hydrogens is 168 g/mol. The first kappa shape index (κ1) is 9.61. The van der Waals surface area contributed by atoms with Crippen LogP contribution in [-0.4, -0.2) is 19.8 Å². The predicted molar refractivity (Wildman–Crippen MR) is 37.9 cm³/mol. The van der Waals surface area contributed by atoms with Gasteiger partial charge in [0.15, 0.2) is 0 Å². The van der Waals surface area contributed by atoms with Crippen molar-refractivity contribution in [2.45, 2.75) is 31.8 Å². The average Bonchev–Trinajstić information content (AvgIpc) is 1.81. The van der Waals surface area contributed by atoms with E-state index < -0.39 is 23.7 Å². The molecule has 0 amide bonds. The zero-order valence-corrected chi connectivity index (χ0v) is 6.45. The summed E-state index contributed by atoms with van der Waals surface area (Å²) in [4.78, 5) is 10.9. The molecule has 1 rings (SSSR count). The Kier molecular flexibility index (Phi) is 2.23. The topological polar surface area (TPSA) is 17.1 Å². The van der Waals surface area contributed by atoms with Crippen molar-refractivity contribution in [3.8, 4) is 0 Å². The van der Waals surface area contributed by atoms with Gasteiger partial charge in [-0.1, -0.05) is 6.42 Å². The molecule has 0 saturated heterocycles. The molecule has 0 aliphatic heterocycles. The number of carbonyl (C=O) groups excluding carboxylic acids is 1. The third kappa shape index (κ3) is 1.15. The molecule has 5 heteroatoms. The van der Waals surface area contributed by atoms with Gasteiger partial charge in [0.05, 0.1) is 7.85 Å². The van der Waals surface area contributed by atoms with Crippen LogP contribution in [0.1, 0.15) is 19.3 Å². The van der Waals surface area contributed by atoms with Crippen molar-refractivity contribution in [3.05, 3.63) is 0 Å². The molecule has 0 bridgehead atoms. The van der Waals surface area contributed by atoms with Gasteiger partial charge in [-0.3, -0.25) is 4.79 Å². The largest absolute Gasteiger partial charge is 0.401 e. The van der Waals surface area contributed by atoms with E-state index in [4.69, 9.17) is 7.85 Å². The highest BCUT2D eigenvalue weighted by atomic mass is 19.4. The molecule has 1 aliphatic carbocycles. The van der Waals surface area contributed by atoms with Crippen LogP contribution in [0.2, 0.25) is 6.32 Å². The standard InChI is InChI=1S/C7H8BF3O/c8-4-5(12)6(2-1-3-6)7(9,10)11/h1-4H2. The summed E-state index contributed by atoms with van der Waals surface area (Å²) in [6, 6.07) is 0. The van der Waals surface area contributed by atoms with E-state index >= 15 is 0 Å². The molecule has 0 aromatic rings. The Morgan fingerprint density at radius 3 is 2.00 bits per heavy atom. The van der Waals surface area contributed by atoms with Crippen molar-refractivity contribution in [3.63, 3.8) is 0 Å². The van der Waals surface area contributed by atoms with E-state index in [2.05, 4.69) is 0 Å². The Bertz CT molecular complexity index is 195. The minimum atomic E-state index is -4.41. The van der Waals surface area contributed by atoms with Crippen molar-refractivity contribution < 1.29 is 18.0 Å². The van der Waals surface area contributed by atoms with Gasteiger partial charge in [0.25, 0.3) is 0 Å². The Hall–Kier alpha value is -0.475. The molecule has 0 N–H and O–H groups in total. The van der Waals surface area contributed by atoms with E-state index in [1.165, 1.54) is 0 Å². The summed E-state index contributed by atoms with van der Waals surface area (Å²) >= 11 is 0. The SMILES string of the molecule is [B]CC(=O)C1(C(F)(F)F)CCC1. The summed E-state index contributed by atoms with van der Waals surface area (Å²) < 4.78 is 37.0. The lowest BCUT2D eigenvalue weighted by molar-refractivity contribution is -0.240. The quantitative estimate of drug-likeness (QED) is 0.587. The predicted octanol–water partition coefficient (Wildman–Crippen LogP) is 1.87. The van der Waals surface area contributed by atoms with Crippen molar-refractivity contribution in [2.24, 2.45) is 5.41 Å². The van der Waals surface area contributed by atoms with E-state index in [1.54, 1.807) is 0 Å².